The molecule has 1 aromatic carbocycles. The number of alkyl halides is 3. The molecule has 1 unspecified atom stereocenters. The van der Waals surface area contributed by atoms with Gasteiger partial charge in [-0.15, -0.1) is 0 Å². The third kappa shape index (κ3) is 4.84. The molecule has 0 spiro atoms. The van der Waals surface area contributed by atoms with E-state index in [0.29, 0.717) is 11.4 Å². The lowest BCUT2D eigenvalue weighted by molar-refractivity contribution is -0.135. The molecule has 1 rings (SSSR count). The average molecular weight is 281 g/mol. The van der Waals surface area contributed by atoms with Crippen molar-refractivity contribution in [3.05, 3.63) is 34.3 Å². The molecular formula is C12H16ClF3N2. The van der Waals surface area contributed by atoms with E-state index in [1.165, 1.54) is 0 Å². The number of hydrogen-bond acceptors (Lipinski definition) is 2. The molecule has 102 valence electrons. The highest BCUT2D eigenvalue weighted by Gasteiger charge is 2.26. The SMILES string of the molecule is Cc1ccc(C(CCCC(F)(F)F)NN)cc1Cl. The van der Waals surface area contributed by atoms with Crippen LogP contribution in [0.15, 0.2) is 18.2 Å². The van der Waals surface area contributed by atoms with Gasteiger partial charge in [-0.1, -0.05) is 23.7 Å². The van der Waals surface area contributed by atoms with Crippen molar-refractivity contribution >= 4 is 11.6 Å². The summed E-state index contributed by atoms with van der Waals surface area (Å²) in [4.78, 5) is 0. The minimum absolute atomic E-state index is 0.0316. The smallest absolute Gasteiger partial charge is 0.271 e. The fourth-order valence-corrected chi connectivity index (χ4v) is 1.87. The van der Waals surface area contributed by atoms with Crippen LogP contribution < -0.4 is 11.3 Å². The lowest BCUT2D eigenvalue weighted by Crippen LogP contribution is -2.28. The van der Waals surface area contributed by atoms with Crippen LogP contribution in [0.3, 0.4) is 0 Å². The maximum Gasteiger partial charge on any atom is 0.389 e. The Bertz CT molecular complexity index is 393. The van der Waals surface area contributed by atoms with Crippen LogP contribution in [0.2, 0.25) is 5.02 Å². The van der Waals surface area contributed by atoms with Gasteiger partial charge >= 0.3 is 6.18 Å². The predicted octanol–water partition coefficient (Wildman–Crippen LogP) is 3.89. The fourth-order valence-electron chi connectivity index (χ4n) is 1.68. The summed E-state index contributed by atoms with van der Waals surface area (Å²) in [5, 5.41) is 0.587. The van der Waals surface area contributed by atoms with Crippen LogP contribution >= 0.6 is 11.6 Å². The van der Waals surface area contributed by atoms with Crippen molar-refractivity contribution in [1.82, 2.24) is 5.43 Å². The van der Waals surface area contributed by atoms with Gasteiger partial charge in [0.2, 0.25) is 0 Å². The van der Waals surface area contributed by atoms with E-state index in [9.17, 15) is 13.2 Å². The van der Waals surface area contributed by atoms with Crippen LogP contribution in [-0.2, 0) is 0 Å². The number of nitrogens with two attached hydrogens (primary N) is 1. The van der Waals surface area contributed by atoms with Crippen molar-refractivity contribution in [2.45, 2.75) is 38.4 Å². The molecule has 3 N–H and O–H groups in total. The van der Waals surface area contributed by atoms with Crippen LogP contribution in [0.4, 0.5) is 13.2 Å². The van der Waals surface area contributed by atoms with Gasteiger partial charge in [-0.3, -0.25) is 11.3 Å². The molecule has 1 aromatic rings. The van der Waals surface area contributed by atoms with E-state index in [1.54, 1.807) is 6.07 Å². The molecule has 0 bridgehead atoms. The van der Waals surface area contributed by atoms with Crippen LogP contribution in [0.1, 0.15) is 36.4 Å². The van der Waals surface area contributed by atoms with E-state index >= 15 is 0 Å². The summed E-state index contributed by atoms with van der Waals surface area (Å²) in [6, 6.07) is 5.06. The molecule has 0 aliphatic heterocycles. The van der Waals surface area contributed by atoms with Gasteiger partial charge in [0.25, 0.3) is 0 Å². The normalized spacial score (nSPS) is 13.7. The van der Waals surface area contributed by atoms with Gasteiger partial charge < -0.3 is 0 Å². The Morgan fingerprint density at radius 2 is 2.06 bits per heavy atom. The number of benzene rings is 1. The van der Waals surface area contributed by atoms with E-state index in [-0.39, 0.29) is 12.5 Å². The third-order valence-electron chi connectivity index (χ3n) is 2.75. The summed E-state index contributed by atoms with van der Waals surface area (Å²) in [6.07, 6.45) is -4.58. The van der Waals surface area contributed by atoms with E-state index in [4.69, 9.17) is 17.4 Å². The van der Waals surface area contributed by atoms with E-state index in [1.807, 2.05) is 19.1 Å². The zero-order chi connectivity index (χ0) is 13.8. The van der Waals surface area contributed by atoms with Gasteiger partial charge in [0, 0.05) is 17.5 Å². The summed E-state index contributed by atoms with van der Waals surface area (Å²) in [5.74, 6) is 5.37. The van der Waals surface area contributed by atoms with Crippen molar-refractivity contribution in [3.8, 4) is 0 Å². The van der Waals surface area contributed by atoms with Crippen LogP contribution in [0.25, 0.3) is 0 Å². The second-order valence-corrected chi connectivity index (χ2v) is 4.64. The zero-order valence-electron chi connectivity index (χ0n) is 10.0. The van der Waals surface area contributed by atoms with E-state index in [0.717, 1.165) is 11.1 Å². The molecule has 18 heavy (non-hydrogen) atoms. The Morgan fingerprint density at radius 1 is 1.39 bits per heavy atom. The summed E-state index contributed by atoms with van der Waals surface area (Å²) >= 11 is 5.97. The molecule has 2 nitrogen and oxygen atoms in total. The minimum Gasteiger partial charge on any atom is -0.271 e. The molecule has 0 aromatic heterocycles. The number of rotatable bonds is 5. The fraction of sp³-hybridized carbons (Fsp3) is 0.500. The number of hydrazine groups is 1. The zero-order valence-corrected chi connectivity index (χ0v) is 10.8. The summed E-state index contributed by atoms with van der Waals surface area (Å²) in [7, 11) is 0. The standard InChI is InChI=1S/C12H16ClF3N2/c1-8-4-5-9(7-10(8)13)11(18-17)3-2-6-12(14,15)16/h4-5,7,11,18H,2-3,6,17H2,1H3. The molecule has 0 amide bonds. The predicted molar refractivity (Wildman–Crippen MR) is 66.2 cm³/mol. The van der Waals surface area contributed by atoms with E-state index in [2.05, 4.69) is 5.43 Å². The van der Waals surface area contributed by atoms with Crippen molar-refractivity contribution in [1.29, 1.82) is 0 Å². The molecule has 0 radical (unpaired) electrons. The second kappa shape index (κ2) is 6.41. The third-order valence-corrected chi connectivity index (χ3v) is 3.16. The first-order valence-electron chi connectivity index (χ1n) is 5.62. The van der Waals surface area contributed by atoms with Gasteiger partial charge in [0.05, 0.1) is 0 Å². The number of hydrogen-bond donors (Lipinski definition) is 2. The topological polar surface area (TPSA) is 38.0 Å². The van der Waals surface area contributed by atoms with Gasteiger partial charge in [-0.2, -0.15) is 13.2 Å². The highest BCUT2D eigenvalue weighted by atomic mass is 35.5. The lowest BCUT2D eigenvalue weighted by Gasteiger charge is -2.17. The van der Waals surface area contributed by atoms with Crippen molar-refractivity contribution in [2.24, 2.45) is 5.84 Å². The van der Waals surface area contributed by atoms with Crippen molar-refractivity contribution in [2.75, 3.05) is 0 Å². The Labute approximate surface area is 109 Å². The molecule has 0 heterocycles. The van der Waals surface area contributed by atoms with Crippen molar-refractivity contribution < 1.29 is 13.2 Å². The first-order chi connectivity index (χ1) is 8.33. The highest BCUT2D eigenvalue weighted by Crippen LogP contribution is 2.27. The Kier molecular flexibility index (Phi) is 5.44. The Hall–Kier alpha value is -0.780. The molecule has 0 fully saturated rings. The quantitative estimate of drug-likeness (QED) is 0.634. The van der Waals surface area contributed by atoms with Gasteiger partial charge in [-0.05, 0) is 37.0 Å². The molecular weight excluding hydrogens is 265 g/mol. The molecule has 6 heteroatoms. The monoisotopic (exact) mass is 280 g/mol. The summed E-state index contributed by atoms with van der Waals surface area (Å²) in [5.41, 5.74) is 4.25. The first-order valence-corrected chi connectivity index (χ1v) is 6.00. The number of halogens is 4. The molecule has 0 aliphatic rings. The Morgan fingerprint density at radius 3 is 2.56 bits per heavy atom. The lowest BCUT2D eigenvalue weighted by atomic mass is 10.0. The maximum absolute atomic E-state index is 12.1. The first kappa shape index (κ1) is 15.3. The van der Waals surface area contributed by atoms with Gasteiger partial charge in [0.1, 0.15) is 0 Å². The van der Waals surface area contributed by atoms with Crippen LogP contribution in [0, 0.1) is 6.92 Å². The largest absolute Gasteiger partial charge is 0.389 e. The maximum atomic E-state index is 12.1. The number of nitrogens with one attached hydrogen (secondary N) is 1. The average Bonchev–Trinajstić information content (AvgIpc) is 2.27. The highest BCUT2D eigenvalue weighted by molar-refractivity contribution is 6.31. The molecule has 0 saturated heterocycles. The molecule has 0 aliphatic carbocycles. The van der Waals surface area contributed by atoms with E-state index < -0.39 is 12.6 Å². The summed E-state index contributed by atoms with van der Waals surface area (Å²) in [6.45, 7) is 1.86. The van der Waals surface area contributed by atoms with Gasteiger partial charge in [0.15, 0.2) is 0 Å². The minimum atomic E-state index is -4.12. The Balaban J connectivity index is 2.63. The molecule has 0 saturated carbocycles. The van der Waals surface area contributed by atoms with Crippen LogP contribution in [-0.4, -0.2) is 6.18 Å². The van der Waals surface area contributed by atoms with Gasteiger partial charge in [-0.25, -0.2) is 0 Å². The summed E-state index contributed by atoms with van der Waals surface area (Å²) < 4.78 is 36.2. The second-order valence-electron chi connectivity index (χ2n) is 4.24. The number of aryl methyl sites for hydroxylation is 1. The molecule has 1 atom stereocenters. The van der Waals surface area contributed by atoms with Crippen molar-refractivity contribution in [3.63, 3.8) is 0 Å². The van der Waals surface area contributed by atoms with Crippen LogP contribution in [0.5, 0.6) is 0 Å².